The molecule has 0 radical (unpaired) electrons. The van der Waals surface area contributed by atoms with Gasteiger partial charge in [-0.1, -0.05) is 6.07 Å². The van der Waals surface area contributed by atoms with Gasteiger partial charge in [0.1, 0.15) is 0 Å². The summed E-state index contributed by atoms with van der Waals surface area (Å²) in [4.78, 5) is 10.6. The van der Waals surface area contributed by atoms with E-state index in [0.29, 0.717) is 0 Å². The van der Waals surface area contributed by atoms with Gasteiger partial charge in [-0.15, -0.1) is 0 Å². The molecule has 0 aliphatic rings. The molecule has 0 aromatic heterocycles. The van der Waals surface area contributed by atoms with E-state index in [1.165, 1.54) is 19.2 Å². The SMILES string of the molecule is COc1ccc(C(C)(F)C(=O)O)cc1O. The summed E-state index contributed by atoms with van der Waals surface area (Å²) in [6.07, 6.45) is 0. The van der Waals surface area contributed by atoms with Gasteiger partial charge in [-0.2, -0.15) is 0 Å². The highest BCUT2D eigenvalue weighted by molar-refractivity contribution is 5.79. The number of carboxylic acids is 1. The van der Waals surface area contributed by atoms with Crippen LogP contribution in [0.5, 0.6) is 11.5 Å². The first kappa shape index (κ1) is 11.3. The minimum absolute atomic E-state index is 0.131. The minimum Gasteiger partial charge on any atom is -0.504 e. The lowest BCUT2D eigenvalue weighted by Crippen LogP contribution is -2.26. The number of carboxylic acid groups (broad SMARTS) is 1. The first-order valence-electron chi connectivity index (χ1n) is 4.19. The summed E-state index contributed by atoms with van der Waals surface area (Å²) in [5.41, 5.74) is -2.66. The lowest BCUT2D eigenvalue weighted by molar-refractivity contribution is -0.150. The summed E-state index contributed by atoms with van der Waals surface area (Å²) in [6.45, 7) is 0.913. The van der Waals surface area contributed by atoms with E-state index in [1.54, 1.807) is 0 Å². The average Bonchev–Trinajstić information content (AvgIpc) is 2.17. The van der Waals surface area contributed by atoms with Crippen LogP contribution in [0.2, 0.25) is 0 Å². The molecule has 0 saturated carbocycles. The fourth-order valence-electron chi connectivity index (χ4n) is 1.11. The Kier molecular flexibility index (Phi) is 2.83. The van der Waals surface area contributed by atoms with E-state index < -0.39 is 11.6 Å². The molecule has 0 amide bonds. The van der Waals surface area contributed by atoms with Crippen LogP contribution in [0.25, 0.3) is 0 Å². The maximum Gasteiger partial charge on any atom is 0.345 e. The molecule has 0 spiro atoms. The Balaban J connectivity index is 3.18. The van der Waals surface area contributed by atoms with Gasteiger partial charge in [-0.3, -0.25) is 0 Å². The van der Waals surface area contributed by atoms with Crippen molar-refractivity contribution in [1.82, 2.24) is 0 Å². The van der Waals surface area contributed by atoms with Crippen molar-refractivity contribution in [3.63, 3.8) is 0 Å². The summed E-state index contributed by atoms with van der Waals surface area (Å²) in [5, 5.41) is 18.0. The maximum absolute atomic E-state index is 13.6. The minimum atomic E-state index is -2.52. The first-order valence-corrected chi connectivity index (χ1v) is 4.19. The topological polar surface area (TPSA) is 66.8 Å². The lowest BCUT2D eigenvalue weighted by Gasteiger charge is -2.16. The molecule has 1 rings (SSSR count). The Morgan fingerprint density at radius 2 is 2.13 bits per heavy atom. The number of rotatable bonds is 3. The van der Waals surface area contributed by atoms with Crippen LogP contribution in [0.1, 0.15) is 12.5 Å². The third-order valence-corrected chi connectivity index (χ3v) is 2.12. The van der Waals surface area contributed by atoms with E-state index in [2.05, 4.69) is 0 Å². The molecule has 1 atom stereocenters. The van der Waals surface area contributed by atoms with Crippen molar-refractivity contribution < 1.29 is 24.1 Å². The van der Waals surface area contributed by atoms with Crippen LogP contribution in [-0.4, -0.2) is 23.3 Å². The van der Waals surface area contributed by atoms with Crippen LogP contribution < -0.4 is 4.74 Å². The molecule has 0 bridgehead atoms. The molecule has 5 heteroatoms. The second-order valence-corrected chi connectivity index (χ2v) is 3.19. The normalized spacial score (nSPS) is 14.3. The van der Waals surface area contributed by atoms with Crippen molar-refractivity contribution in [3.05, 3.63) is 23.8 Å². The lowest BCUT2D eigenvalue weighted by atomic mass is 9.98. The monoisotopic (exact) mass is 214 g/mol. The molecule has 4 nitrogen and oxygen atoms in total. The third kappa shape index (κ3) is 2.01. The van der Waals surface area contributed by atoms with E-state index in [4.69, 9.17) is 9.84 Å². The molecule has 0 fully saturated rings. The summed E-state index contributed by atoms with van der Waals surface area (Å²) >= 11 is 0. The van der Waals surface area contributed by atoms with Gasteiger partial charge in [0, 0.05) is 5.56 Å². The number of phenolic OH excluding ortho intramolecular Hbond substituents is 1. The predicted octanol–water partition coefficient (Wildman–Crippen LogP) is 1.67. The van der Waals surface area contributed by atoms with Gasteiger partial charge in [0.2, 0.25) is 5.67 Å². The first-order chi connectivity index (χ1) is 6.89. The molecule has 2 N–H and O–H groups in total. The standard InChI is InChI=1S/C10H11FO4/c1-10(11,9(13)14)6-3-4-8(15-2)7(12)5-6/h3-5,12H,1-2H3,(H,13,14). The van der Waals surface area contributed by atoms with Gasteiger partial charge in [0.25, 0.3) is 0 Å². The fourth-order valence-corrected chi connectivity index (χ4v) is 1.11. The fraction of sp³-hybridized carbons (Fsp3) is 0.300. The van der Waals surface area contributed by atoms with Crippen LogP contribution in [0, 0.1) is 0 Å². The number of aliphatic carboxylic acids is 1. The molecule has 0 aliphatic heterocycles. The van der Waals surface area contributed by atoms with Gasteiger partial charge in [0.05, 0.1) is 7.11 Å². The third-order valence-electron chi connectivity index (χ3n) is 2.12. The van der Waals surface area contributed by atoms with E-state index in [1.807, 2.05) is 0 Å². The molecule has 0 saturated heterocycles. The van der Waals surface area contributed by atoms with Gasteiger partial charge < -0.3 is 14.9 Å². The van der Waals surface area contributed by atoms with Crippen LogP contribution in [-0.2, 0) is 10.5 Å². The number of alkyl halides is 1. The van der Waals surface area contributed by atoms with Gasteiger partial charge in [-0.25, -0.2) is 9.18 Å². The number of phenols is 1. The molecule has 15 heavy (non-hydrogen) atoms. The van der Waals surface area contributed by atoms with Gasteiger partial charge >= 0.3 is 5.97 Å². The van der Waals surface area contributed by atoms with E-state index in [9.17, 15) is 14.3 Å². The van der Waals surface area contributed by atoms with E-state index in [-0.39, 0.29) is 17.1 Å². The summed E-state index contributed by atoms with van der Waals surface area (Å²) < 4.78 is 18.4. The van der Waals surface area contributed by atoms with Crippen LogP contribution in [0.15, 0.2) is 18.2 Å². The van der Waals surface area contributed by atoms with E-state index in [0.717, 1.165) is 13.0 Å². The van der Waals surface area contributed by atoms with Crippen molar-refractivity contribution in [2.75, 3.05) is 7.11 Å². The van der Waals surface area contributed by atoms with Crippen molar-refractivity contribution in [3.8, 4) is 11.5 Å². The van der Waals surface area contributed by atoms with Crippen LogP contribution >= 0.6 is 0 Å². The molecule has 0 aliphatic carbocycles. The number of halogens is 1. The smallest absolute Gasteiger partial charge is 0.345 e. The predicted molar refractivity (Wildman–Crippen MR) is 50.8 cm³/mol. The number of hydrogen-bond donors (Lipinski definition) is 2. The Morgan fingerprint density at radius 3 is 2.53 bits per heavy atom. The zero-order chi connectivity index (χ0) is 11.6. The molecular weight excluding hydrogens is 203 g/mol. The Hall–Kier alpha value is -1.78. The largest absolute Gasteiger partial charge is 0.504 e. The Morgan fingerprint density at radius 1 is 1.53 bits per heavy atom. The molecule has 1 aromatic rings. The summed E-state index contributed by atoms with van der Waals surface area (Å²) in [5.74, 6) is -1.73. The van der Waals surface area contributed by atoms with E-state index >= 15 is 0 Å². The Bertz CT molecular complexity index is 387. The molecule has 1 unspecified atom stereocenters. The van der Waals surface area contributed by atoms with Crippen LogP contribution in [0.4, 0.5) is 4.39 Å². The van der Waals surface area contributed by atoms with Crippen molar-refractivity contribution >= 4 is 5.97 Å². The number of methoxy groups -OCH3 is 1. The Labute approximate surface area is 85.9 Å². The summed E-state index contributed by atoms with van der Waals surface area (Å²) in [7, 11) is 1.35. The second-order valence-electron chi connectivity index (χ2n) is 3.19. The molecule has 0 heterocycles. The molecular formula is C10H11FO4. The molecule has 82 valence electrons. The average molecular weight is 214 g/mol. The highest BCUT2D eigenvalue weighted by atomic mass is 19.1. The van der Waals surface area contributed by atoms with Crippen LogP contribution in [0.3, 0.4) is 0 Å². The number of aromatic hydroxyl groups is 1. The van der Waals surface area contributed by atoms with Crippen molar-refractivity contribution in [2.24, 2.45) is 0 Å². The number of ether oxygens (including phenoxy) is 1. The quantitative estimate of drug-likeness (QED) is 0.803. The highest BCUT2D eigenvalue weighted by Gasteiger charge is 2.35. The molecule has 1 aromatic carbocycles. The second kappa shape index (κ2) is 3.76. The number of carbonyl (C=O) groups is 1. The maximum atomic E-state index is 13.6. The van der Waals surface area contributed by atoms with Crippen molar-refractivity contribution in [2.45, 2.75) is 12.6 Å². The van der Waals surface area contributed by atoms with Gasteiger partial charge in [-0.05, 0) is 19.1 Å². The number of benzene rings is 1. The van der Waals surface area contributed by atoms with Crippen molar-refractivity contribution in [1.29, 1.82) is 0 Å². The zero-order valence-electron chi connectivity index (χ0n) is 8.32. The highest BCUT2D eigenvalue weighted by Crippen LogP contribution is 2.33. The summed E-state index contributed by atoms with van der Waals surface area (Å²) in [6, 6.07) is 3.60. The van der Waals surface area contributed by atoms with Gasteiger partial charge in [0.15, 0.2) is 11.5 Å². The number of hydrogen-bond acceptors (Lipinski definition) is 3. The zero-order valence-corrected chi connectivity index (χ0v) is 8.32.